The molecule has 0 saturated heterocycles. The van der Waals surface area contributed by atoms with E-state index in [0.29, 0.717) is 28.1 Å². The highest BCUT2D eigenvalue weighted by Gasteiger charge is 2.13. The first-order valence-electron chi connectivity index (χ1n) is 7.07. The Morgan fingerprint density at radius 2 is 2.12 bits per heavy atom. The van der Waals surface area contributed by atoms with Gasteiger partial charge in [0.05, 0.1) is 12.8 Å². The molecular formula is C16H14ClN5O2. The number of aromatic amines is 1. The van der Waals surface area contributed by atoms with E-state index >= 15 is 0 Å². The van der Waals surface area contributed by atoms with Gasteiger partial charge in [-0.1, -0.05) is 11.6 Å². The van der Waals surface area contributed by atoms with Gasteiger partial charge in [-0.25, -0.2) is 9.97 Å². The van der Waals surface area contributed by atoms with Gasteiger partial charge in [0, 0.05) is 22.8 Å². The molecule has 3 rings (SSSR count). The quantitative estimate of drug-likeness (QED) is 0.759. The molecule has 2 N–H and O–H groups in total. The summed E-state index contributed by atoms with van der Waals surface area (Å²) in [5.41, 5.74) is 1.69. The smallest absolute Gasteiger partial charge is 0.275 e. The van der Waals surface area contributed by atoms with E-state index in [-0.39, 0.29) is 11.6 Å². The highest BCUT2D eigenvalue weighted by atomic mass is 35.5. The normalized spacial score (nSPS) is 10.5. The van der Waals surface area contributed by atoms with Gasteiger partial charge in [-0.05, 0) is 31.2 Å². The van der Waals surface area contributed by atoms with Gasteiger partial charge in [0.2, 0.25) is 0 Å². The first-order chi connectivity index (χ1) is 11.6. The van der Waals surface area contributed by atoms with Crippen molar-refractivity contribution in [3.8, 4) is 17.0 Å². The molecule has 0 aliphatic carbocycles. The molecule has 0 aliphatic heterocycles. The number of hydrogen-bond acceptors (Lipinski definition) is 5. The van der Waals surface area contributed by atoms with Crippen molar-refractivity contribution in [2.45, 2.75) is 6.92 Å². The second kappa shape index (κ2) is 6.67. The molecule has 0 aliphatic rings. The van der Waals surface area contributed by atoms with E-state index in [1.54, 1.807) is 38.3 Å². The number of methoxy groups -OCH3 is 1. The van der Waals surface area contributed by atoms with Crippen molar-refractivity contribution in [3.63, 3.8) is 0 Å². The lowest BCUT2D eigenvalue weighted by atomic mass is 10.1. The molecule has 2 aromatic heterocycles. The van der Waals surface area contributed by atoms with E-state index in [0.717, 1.165) is 5.56 Å². The number of carbonyl (C=O) groups excluding carboxylic acids is 1. The maximum Gasteiger partial charge on any atom is 0.275 e. The van der Waals surface area contributed by atoms with Crippen molar-refractivity contribution < 1.29 is 9.53 Å². The standard InChI is InChI=1S/C16H14ClN5O2/c1-9-18-6-5-12(19-9)16(23)20-15-8-13(21-22-15)11-7-10(17)3-4-14(11)24-2/h3-8H,1-2H3,(H2,20,21,22,23). The molecule has 0 spiro atoms. The van der Waals surface area contributed by atoms with Crippen molar-refractivity contribution in [1.29, 1.82) is 0 Å². The van der Waals surface area contributed by atoms with Gasteiger partial charge in [-0.3, -0.25) is 9.89 Å². The van der Waals surface area contributed by atoms with E-state index in [1.807, 2.05) is 0 Å². The average Bonchev–Trinajstić information content (AvgIpc) is 3.03. The zero-order chi connectivity index (χ0) is 17.1. The van der Waals surface area contributed by atoms with E-state index in [4.69, 9.17) is 16.3 Å². The Kier molecular flexibility index (Phi) is 4.43. The van der Waals surface area contributed by atoms with Gasteiger partial charge in [-0.15, -0.1) is 0 Å². The van der Waals surface area contributed by atoms with Crippen LogP contribution in [-0.4, -0.2) is 33.2 Å². The summed E-state index contributed by atoms with van der Waals surface area (Å²) >= 11 is 6.04. The minimum absolute atomic E-state index is 0.271. The van der Waals surface area contributed by atoms with Crippen LogP contribution in [0, 0.1) is 6.92 Å². The van der Waals surface area contributed by atoms with Crippen LogP contribution in [-0.2, 0) is 0 Å². The molecule has 2 heterocycles. The molecule has 1 amide bonds. The third-order valence-corrected chi connectivity index (χ3v) is 3.51. The average molecular weight is 344 g/mol. The van der Waals surface area contributed by atoms with Crippen LogP contribution >= 0.6 is 11.6 Å². The summed E-state index contributed by atoms with van der Waals surface area (Å²) in [6.07, 6.45) is 1.53. The molecule has 0 fully saturated rings. The lowest BCUT2D eigenvalue weighted by Crippen LogP contribution is -2.14. The molecule has 24 heavy (non-hydrogen) atoms. The van der Waals surface area contributed by atoms with Crippen LogP contribution in [0.15, 0.2) is 36.5 Å². The Hall–Kier alpha value is -2.93. The van der Waals surface area contributed by atoms with Crippen molar-refractivity contribution in [2.75, 3.05) is 12.4 Å². The molecule has 7 nitrogen and oxygen atoms in total. The number of nitrogens with zero attached hydrogens (tertiary/aromatic N) is 3. The maximum atomic E-state index is 12.2. The van der Waals surface area contributed by atoms with E-state index in [1.165, 1.54) is 12.3 Å². The number of aromatic nitrogens is 4. The topological polar surface area (TPSA) is 92.8 Å². The molecule has 0 saturated carbocycles. The van der Waals surface area contributed by atoms with Crippen molar-refractivity contribution in [2.24, 2.45) is 0 Å². The summed E-state index contributed by atoms with van der Waals surface area (Å²) in [5.74, 6) is 1.17. The van der Waals surface area contributed by atoms with Crippen LogP contribution in [0.4, 0.5) is 5.82 Å². The molecule has 1 aromatic carbocycles. The lowest BCUT2D eigenvalue weighted by molar-refractivity contribution is 0.102. The SMILES string of the molecule is COc1ccc(Cl)cc1-c1cc(NC(=O)c2ccnc(C)n2)n[nH]1. The van der Waals surface area contributed by atoms with Gasteiger partial charge in [0.15, 0.2) is 5.82 Å². The predicted molar refractivity (Wildman–Crippen MR) is 90.3 cm³/mol. The molecule has 0 radical (unpaired) electrons. The number of anilines is 1. The van der Waals surface area contributed by atoms with Crippen LogP contribution in [0.25, 0.3) is 11.3 Å². The zero-order valence-corrected chi connectivity index (χ0v) is 13.8. The number of aryl methyl sites for hydroxylation is 1. The van der Waals surface area contributed by atoms with Crippen LogP contribution in [0.2, 0.25) is 5.02 Å². The Bertz CT molecular complexity index is 894. The fraction of sp³-hybridized carbons (Fsp3) is 0.125. The summed E-state index contributed by atoms with van der Waals surface area (Å²) in [5, 5.41) is 10.2. The molecule has 8 heteroatoms. The van der Waals surface area contributed by atoms with E-state index in [2.05, 4.69) is 25.5 Å². The largest absolute Gasteiger partial charge is 0.496 e. The molecule has 0 bridgehead atoms. The molecule has 0 atom stereocenters. The van der Waals surface area contributed by atoms with Crippen molar-refractivity contribution in [1.82, 2.24) is 20.2 Å². The Balaban J connectivity index is 1.84. The number of H-pyrrole nitrogens is 1. The Morgan fingerprint density at radius 3 is 2.88 bits per heavy atom. The summed E-state index contributed by atoms with van der Waals surface area (Å²) < 4.78 is 5.32. The van der Waals surface area contributed by atoms with Crippen molar-refractivity contribution >= 4 is 23.3 Å². The fourth-order valence-electron chi connectivity index (χ4n) is 2.18. The van der Waals surface area contributed by atoms with Gasteiger partial charge in [0.25, 0.3) is 5.91 Å². The van der Waals surface area contributed by atoms with E-state index < -0.39 is 0 Å². The molecule has 122 valence electrons. The number of carbonyl (C=O) groups is 1. The molecular weight excluding hydrogens is 330 g/mol. The maximum absolute atomic E-state index is 12.2. The molecule has 3 aromatic rings. The summed E-state index contributed by atoms with van der Waals surface area (Å²) in [4.78, 5) is 20.2. The molecule has 0 unspecified atom stereocenters. The van der Waals surface area contributed by atoms with Gasteiger partial charge >= 0.3 is 0 Å². The number of halogens is 1. The van der Waals surface area contributed by atoms with Crippen LogP contribution in [0.3, 0.4) is 0 Å². The Labute approximate surface area is 143 Å². The van der Waals surface area contributed by atoms with E-state index in [9.17, 15) is 4.79 Å². The van der Waals surface area contributed by atoms with Crippen molar-refractivity contribution in [3.05, 3.63) is 53.1 Å². The Morgan fingerprint density at radius 1 is 1.29 bits per heavy atom. The van der Waals surface area contributed by atoms with Crippen LogP contribution in [0.1, 0.15) is 16.3 Å². The van der Waals surface area contributed by atoms with Crippen LogP contribution < -0.4 is 10.1 Å². The summed E-state index contributed by atoms with van der Waals surface area (Å²) in [7, 11) is 1.57. The number of hydrogen-bond donors (Lipinski definition) is 2. The third kappa shape index (κ3) is 3.36. The van der Waals surface area contributed by atoms with Crippen LogP contribution in [0.5, 0.6) is 5.75 Å². The minimum Gasteiger partial charge on any atom is -0.496 e. The zero-order valence-electron chi connectivity index (χ0n) is 13.0. The fourth-order valence-corrected chi connectivity index (χ4v) is 2.35. The number of nitrogens with one attached hydrogen (secondary N) is 2. The van der Waals surface area contributed by atoms with Gasteiger partial charge < -0.3 is 10.1 Å². The number of ether oxygens (including phenoxy) is 1. The lowest BCUT2D eigenvalue weighted by Gasteiger charge is -2.06. The second-order valence-corrected chi connectivity index (χ2v) is 5.39. The first-order valence-corrected chi connectivity index (χ1v) is 7.45. The minimum atomic E-state index is -0.364. The highest BCUT2D eigenvalue weighted by Crippen LogP contribution is 2.32. The van der Waals surface area contributed by atoms with Gasteiger partial charge in [0.1, 0.15) is 17.3 Å². The third-order valence-electron chi connectivity index (χ3n) is 3.28. The number of rotatable bonds is 4. The summed E-state index contributed by atoms with van der Waals surface area (Å²) in [6, 6.07) is 8.49. The first kappa shape index (κ1) is 15.9. The monoisotopic (exact) mass is 343 g/mol. The summed E-state index contributed by atoms with van der Waals surface area (Å²) in [6.45, 7) is 1.72. The second-order valence-electron chi connectivity index (χ2n) is 4.95. The highest BCUT2D eigenvalue weighted by molar-refractivity contribution is 6.31. The predicted octanol–water partition coefficient (Wildman–Crippen LogP) is 3.09. The van der Waals surface area contributed by atoms with Gasteiger partial charge in [-0.2, -0.15) is 5.10 Å². The number of amides is 1. The number of benzene rings is 1.